The van der Waals surface area contributed by atoms with Gasteiger partial charge in [-0.15, -0.1) is 0 Å². The molecule has 0 amide bonds. The molecule has 1 aliphatic carbocycles. The molecule has 0 unspecified atom stereocenters. The summed E-state index contributed by atoms with van der Waals surface area (Å²) in [6.07, 6.45) is 4.12. The van der Waals surface area contributed by atoms with E-state index in [9.17, 15) is 9.59 Å². The van der Waals surface area contributed by atoms with E-state index < -0.39 is 0 Å². The molecule has 0 radical (unpaired) electrons. The van der Waals surface area contributed by atoms with Gasteiger partial charge >= 0.3 is 0 Å². The van der Waals surface area contributed by atoms with Crippen molar-refractivity contribution >= 4 is 101 Å². The van der Waals surface area contributed by atoms with Crippen LogP contribution in [0.3, 0.4) is 0 Å². The van der Waals surface area contributed by atoms with Crippen LogP contribution in [0.4, 0.5) is 0 Å². The van der Waals surface area contributed by atoms with Gasteiger partial charge in [0.1, 0.15) is 0 Å². The number of rotatable bonds is 2. The summed E-state index contributed by atoms with van der Waals surface area (Å²) in [7, 11) is 0. The van der Waals surface area contributed by atoms with E-state index in [4.69, 9.17) is 0 Å². The maximum Gasteiger partial charge on any atom is 0.194 e. The van der Waals surface area contributed by atoms with Crippen molar-refractivity contribution in [2.45, 2.75) is 0 Å². The Balaban J connectivity index is 1.28. The van der Waals surface area contributed by atoms with Gasteiger partial charge in [-0.3, -0.25) is 9.59 Å². The van der Waals surface area contributed by atoms with Crippen molar-refractivity contribution in [2.75, 3.05) is 0 Å². The minimum absolute atomic E-state index is 0.0953. The normalized spacial score (nSPS) is 15.9. The molecular formula is C36H20O2S4. The molecule has 2 heterocycles. The molecule has 2 aliphatic heterocycles. The number of ketones is 2. The first-order valence-electron chi connectivity index (χ1n) is 13.4. The number of fused-ring (bicyclic) bond motifs is 4. The molecule has 42 heavy (non-hydrogen) atoms. The molecule has 0 saturated carbocycles. The van der Waals surface area contributed by atoms with Crippen LogP contribution < -0.4 is 10.4 Å². The van der Waals surface area contributed by atoms with Crippen LogP contribution in [0, 0.1) is 0 Å². The Morgan fingerprint density at radius 3 is 1.50 bits per heavy atom. The summed E-state index contributed by atoms with van der Waals surface area (Å²) in [5.41, 5.74) is 3.85. The van der Waals surface area contributed by atoms with Gasteiger partial charge < -0.3 is 0 Å². The van der Waals surface area contributed by atoms with Crippen molar-refractivity contribution in [3.63, 3.8) is 0 Å². The Bertz CT molecular complexity index is 2220. The number of carbonyl (C=O) groups excluding carboxylic acids is 2. The molecule has 6 heteroatoms. The van der Waals surface area contributed by atoms with Crippen LogP contribution in [-0.2, 0) is 0 Å². The van der Waals surface area contributed by atoms with Gasteiger partial charge in [-0.2, -0.15) is 0 Å². The molecule has 0 aromatic heterocycles. The Morgan fingerprint density at radius 2 is 0.881 bits per heavy atom. The maximum atomic E-state index is 13.2. The van der Waals surface area contributed by atoms with E-state index in [0.717, 1.165) is 11.1 Å². The van der Waals surface area contributed by atoms with Gasteiger partial charge in [0.15, 0.2) is 11.6 Å². The smallest absolute Gasteiger partial charge is 0.194 e. The van der Waals surface area contributed by atoms with Crippen LogP contribution in [0.1, 0.15) is 43.0 Å². The molecule has 0 saturated heterocycles. The van der Waals surface area contributed by atoms with E-state index in [-0.39, 0.29) is 11.6 Å². The first-order chi connectivity index (χ1) is 20.7. The number of hydrogen-bond acceptors (Lipinski definition) is 6. The Labute approximate surface area is 259 Å². The summed E-state index contributed by atoms with van der Waals surface area (Å²) in [6, 6.07) is 28.0. The molecule has 0 bridgehead atoms. The van der Waals surface area contributed by atoms with Crippen molar-refractivity contribution in [2.24, 2.45) is 0 Å². The Kier molecular flexibility index (Phi) is 6.53. The molecule has 8 rings (SSSR count). The molecule has 5 aromatic carbocycles. The standard InChI is InChI=1S/C36H20O2S4/c37-33-26-7-3-4-8-27(26)34(38)30-20-22(12-14-28(30)33)10-9-21-11-13-25-29(19-21)32(36-41-17-18-42-36)24-6-2-1-5-23(24)31(25)35-39-15-16-40-35/h1-20H/b10-9+. The van der Waals surface area contributed by atoms with Crippen molar-refractivity contribution in [3.05, 3.63) is 150 Å². The number of hydrogen-bond donors (Lipinski definition) is 0. The minimum Gasteiger partial charge on any atom is -0.289 e. The van der Waals surface area contributed by atoms with Gasteiger partial charge in [0.25, 0.3) is 0 Å². The third-order valence-electron chi connectivity index (χ3n) is 7.69. The molecule has 0 spiro atoms. The zero-order valence-corrected chi connectivity index (χ0v) is 25.3. The molecular weight excluding hydrogens is 593 g/mol. The lowest BCUT2D eigenvalue weighted by atomic mass is 9.83. The third-order valence-corrected chi connectivity index (χ3v) is 11.9. The molecule has 3 aliphatic rings. The molecule has 0 N–H and O–H groups in total. The van der Waals surface area contributed by atoms with Crippen molar-refractivity contribution in [3.8, 4) is 0 Å². The van der Waals surface area contributed by atoms with Crippen molar-refractivity contribution in [1.82, 2.24) is 0 Å². The van der Waals surface area contributed by atoms with Crippen LogP contribution in [0.25, 0.3) is 42.2 Å². The molecule has 200 valence electrons. The Hall–Kier alpha value is -3.68. The predicted octanol–water partition coefficient (Wildman–Crippen LogP) is 8.97. The van der Waals surface area contributed by atoms with Crippen LogP contribution in [0.2, 0.25) is 0 Å². The van der Waals surface area contributed by atoms with Crippen molar-refractivity contribution < 1.29 is 9.59 Å². The molecule has 5 aromatic rings. The van der Waals surface area contributed by atoms with E-state index in [1.165, 1.54) is 40.5 Å². The van der Waals surface area contributed by atoms with Gasteiger partial charge in [0.2, 0.25) is 0 Å². The summed E-state index contributed by atoms with van der Waals surface area (Å²) < 4.78 is 2.59. The second-order valence-corrected chi connectivity index (χ2v) is 14.2. The largest absolute Gasteiger partial charge is 0.289 e. The average molecular weight is 613 g/mol. The molecule has 0 fully saturated rings. The van der Waals surface area contributed by atoms with Gasteiger partial charge in [-0.05, 0) is 72.5 Å². The monoisotopic (exact) mass is 612 g/mol. The summed E-state index contributed by atoms with van der Waals surface area (Å²) in [5, 5.41) is 16.2. The van der Waals surface area contributed by atoms with Crippen LogP contribution >= 0.6 is 47.0 Å². The fourth-order valence-electron chi connectivity index (χ4n) is 5.80. The van der Waals surface area contributed by atoms with Crippen LogP contribution in [0.5, 0.6) is 0 Å². The van der Waals surface area contributed by atoms with E-state index in [0.29, 0.717) is 22.3 Å². The maximum absolute atomic E-state index is 13.2. The van der Waals surface area contributed by atoms with Gasteiger partial charge in [0, 0.05) is 32.7 Å². The number of thioether (sulfide) groups is 4. The van der Waals surface area contributed by atoms with Crippen molar-refractivity contribution in [1.29, 1.82) is 0 Å². The van der Waals surface area contributed by atoms with E-state index >= 15 is 0 Å². The topological polar surface area (TPSA) is 34.1 Å². The number of benzene rings is 5. The molecule has 2 nitrogen and oxygen atoms in total. The van der Waals surface area contributed by atoms with E-state index in [1.807, 2.05) is 18.2 Å². The van der Waals surface area contributed by atoms with E-state index in [2.05, 4.69) is 70.2 Å². The van der Waals surface area contributed by atoms with Gasteiger partial charge in [-0.25, -0.2) is 0 Å². The highest BCUT2D eigenvalue weighted by atomic mass is 32.2. The Morgan fingerprint density at radius 1 is 0.429 bits per heavy atom. The fraction of sp³-hybridized carbons (Fsp3) is 0. The predicted molar refractivity (Wildman–Crippen MR) is 185 cm³/mol. The van der Waals surface area contributed by atoms with Gasteiger partial charge in [0.05, 0.1) is 8.47 Å². The minimum atomic E-state index is -0.1000. The summed E-state index contributed by atoms with van der Waals surface area (Å²) >= 11 is 7.13. The fourth-order valence-corrected chi connectivity index (χ4v) is 9.65. The van der Waals surface area contributed by atoms with Crippen LogP contribution in [-0.4, -0.2) is 11.6 Å². The highest BCUT2D eigenvalue weighted by Crippen LogP contribution is 2.41. The summed E-state index contributed by atoms with van der Waals surface area (Å²) in [4.78, 5) is 26.3. The van der Waals surface area contributed by atoms with E-state index in [1.54, 1.807) is 77.4 Å². The molecule has 0 atom stereocenters. The van der Waals surface area contributed by atoms with Crippen LogP contribution in [0.15, 0.2) is 107 Å². The first kappa shape index (κ1) is 26.0. The highest BCUT2D eigenvalue weighted by Gasteiger charge is 2.29. The lowest BCUT2D eigenvalue weighted by molar-refractivity contribution is 0.0979. The van der Waals surface area contributed by atoms with Gasteiger partial charge in [-0.1, -0.05) is 126 Å². The summed E-state index contributed by atoms with van der Waals surface area (Å²) in [6.45, 7) is 0. The number of carbonyl (C=O) groups is 2. The second kappa shape index (κ2) is 10.5. The quantitative estimate of drug-likeness (QED) is 0.143. The zero-order chi connectivity index (χ0) is 28.2. The SMILES string of the molecule is O=C1c2ccccc2C(=O)c2cc(/C=C/c3ccc4c(=C5SC=CS5)c5ccccc5c(=C5SC=CS5)c4c3)ccc21. The second-order valence-electron chi connectivity index (χ2n) is 10.0. The highest BCUT2D eigenvalue weighted by molar-refractivity contribution is 8.35. The zero-order valence-electron chi connectivity index (χ0n) is 22.0. The third kappa shape index (κ3) is 4.24. The lowest BCUT2D eigenvalue weighted by Crippen LogP contribution is -2.20. The summed E-state index contributed by atoms with van der Waals surface area (Å²) in [5.74, 6) is -0.195. The first-order valence-corrected chi connectivity index (χ1v) is 16.9. The lowest BCUT2D eigenvalue weighted by Gasteiger charge is -2.17. The average Bonchev–Trinajstić information content (AvgIpc) is 3.77.